The van der Waals surface area contributed by atoms with Crippen LogP contribution < -0.4 is 0 Å². The first-order valence-corrected chi connectivity index (χ1v) is 13.1. The lowest BCUT2D eigenvalue weighted by molar-refractivity contribution is -0.0466. The molecule has 1 aliphatic heterocycles. The summed E-state index contributed by atoms with van der Waals surface area (Å²) < 4.78 is 19.4. The molecule has 2 heterocycles. The molecule has 0 bridgehead atoms. The Balaban J connectivity index is 1.09. The van der Waals surface area contributed by atoms with Crippen molar-refractivity contribution in [3.8, 4) is 0 Å². The van der Waals surface area contributed by atoms with Gasteiger partial charge in [-0.05, 0) is 97.0 Å². The second kappa shape index (κ2) is 9.40. The van der Waals surface area contributed by atoms with E-state index in [1.165, 1.54) is 17.3 Å². The normalized spacial score (nSPS) is 26.1. The van der Waals surface area contributed by atoms with E-state index in [1.807, 2.05) is 18.3 Å². The molecule has 6 rings (SSSR count). The maximum Gasteiger partial charge on any atom is 0.338 e. The summed E-state index contributed by atoms with van der Waals surface area (Å²) in [6.07, 6.45) is 7.54. The van der Waals surface area contributed by atoms with Crippen molar-refractivity contribution in [1.82, 2.24) is 4.98 Å². The third-order valence-corrected chi connectivity index (χ3v) is 8.48. The molecule has 0 unspecified atom stereocenters. The number of aliphatic hydroxyl groups excluding tert-OH is 1. The average molecular weight is 487 g/mol. The summed E-state index contributed by atoms with van der Waals surface area (Å²) in [5.74, 6) is 0.827. The Morgan fingerprint density at radius 3 is 2.67 bits per heavy atom. The standard InChI is InChI=1S/C30H31FN2O3/c1-17(18-2-4-19(5-3-18)25-10-11-32-28-9-7-22(31)14-26(25)28)29-13-21-12-20(6-8-27(21)33-29)30(35)36-24-15-23(34)16-24/h6-12,14,17-19,23-24,34H,2-5,13,15-16H2,1H3/t17-,18?,19?,23?,24?/m1/s1. The number of hydrogen-bond donors (Lipinski definition) is 1. The van der Waals surface area contributed by atoms with E-state index in [2.05, 4.69) is 18.0 Å². The van der Waals surface area contributed by atoms with Crippen LogP contribution in [-0.4, -0.2) is 34.0 Å². The summed E-state index contributed by atoms with van der Waals surface area (Å²) in [6, 6.07) is 12.6. The molecule has 0 amide bonds. The molecule has 0 saturated heterocycles. The maximum atomic E-state index is 13.9. The number of aliphatic imine (C=N–C) groups is 1. The number of halogens is 1. The summed E-state index contributed by atoms with van der Waals surface area (Å²) in [5, 5.41) is 10.4. The zero-order chi connectivity index (χ0) is 24.8. The topological polar surface area (TPSA) is 71.8 Å². The van der Waals surface area contributed by atoms with Crippen LogP contribution in [-0.2, 0) is 11.2 Å². The van der Waals surface area contributed by atoms with Gasteiger partial charge in [0.25, 0.3) is 0 Å². The first-order chi connectivity index (χ1) is 17.4. The number of hydrogen-bond acceptors (Lipinski definition) is 5. The molecule has 3 aliphatic rings. The van der Waals surface area contributed by atoms with E-state index in [1.54, 1.807) is 18.2 Å². The van der Waals surface area contributed by atoms with E-state index >= 15 is 0 Å². The van der Waals surface area contributed by atoms with E-state index in [0.717, 1.165) is 54.3 Å². The van der Waals surface area contributed by atoms with Crippen molar-refractivity contribution in [3.63, 3.8) is 0 Å². The van der Waals surface area contributed by atoms with Crippen molar-refractivity contribution in [1.29, 1.82) is 0 Å². The lowest BCUT2D eigenvalue weighted by atomic mass is 9.72. The smallest absolute Gasteiger partial charge is 0.338 e. The molecule has 0 radical (unpaired) electrons. The first kappa shape index (κ1) is 23.3. The molecule has 6 heteroatoms. The average Bonchev–Trinajstić information content (AvgIpc) is 3.30. The molecule has 3 aromatic rings. The van der Waals surface area contributed by atoms with Gasteiger partial charge in [0, 0.05) is 36.6 Å². The molecule has 186 valence electrons. The summed E-state index contributed by atoms with van der Waals surface area (Å²) >= 11 is 0. The Labute approximate surface area is 210 Å². The van der Waals surface area contributed by atoms with Gasteiger partial charge in [-0.3, -0.25) is 9.98 Å². The van der Waals surface area contributed by atoms with Gasteiger partial charge in [0.2, 0.25) is 0 Å². The largest absolute Gasteiger partial charge is 0.459 e. The molecule has 2 saturated carbocycles. The van der Waals surface area contributed by atoms with Gasteiger partial charge in [-0.2, -0.15) is 0 Å². The van der Waals surface area contributed by atoms with Gasteiger partial charge in [-0.1, -0.05) is 6.92 Å². The second-order valence-corrected chi connectivity index (χ2v) is 10.7. The molecular formula is C30H31FN2O3. The van der Waals surface area contributed by atoms with Crippen molar-refractivity contribution in [2.45, 2.75) is 70.0 Å². The Morgan fingerprint density at radius 1 is 1.08 bits per heavy atom. The summed E-state index contributed by atoms with van der Waals surface area (Å²) in [5.41, 5.74) is 5.85. The van der Waals surface area contributed by atoms with E-state index in [4.69, 9.17) is 9.73 Å². The fraction of sp³-hybridized carbons (Fsp3) is 0.433. The van der Waals surface area contributed by atoms with Crippen LogP contribution >= 0.6 is 0 Å². The van der Waals surface area contributed by atoms with Crippen LogP contribution in [0.1, 0.15) is 72.9 Å². The van der Waals surface area contributed by atoms with Crippen LogP contribution in [0.4, 0.5) is 10.1 Å². The lowest BCUT2D eigenvalue weighted by Gasteiger charge is -2.33. The van der Waals surface area contributed by atoms with Crippen LogP contribution in [0.3, 0.4) is 0 Å². The molecule has 0 spiro atoms. The van der Waals surface area contributed by atoms with Gasteiger partial charge >= 0.3 is 5.97 Å². The maximum absolute atomic E-state index is 13.9. The number of ether oxygens (including phenoxy) is 1. The SMILES string of the molecule is C[C@@H](C1=Nc2ccc(C(=O)OC3CC(O)C3)cc2C1)C1CCC(c2ccnc3ccc(F)cc23)CC1. The number of nitrogens with zero attached hydrogens (tertiary/aromatic N) is 2. The van der Waals surface area contributed by atoms with Crippen molar-refractivity contribution >= 4 is 28.3 Å². The molecule has 2 aromatic carbocycles. The molecule has 2 fully saturated rings. The van der Waals surface area contributed by atoms with Gasteiger partial charge in [-0.25, -0.2) is 9.18 Å². The minimum absolute atomic E-state index is 0.174. The predicted octanol–water partition coefficient (Wildman–Crippen LogP) is 6.29. The number of carbonyl (C=O) groups is 1. The highest BCUT2D eigenvalue weighted by Gasteiger charge is 2.33. The number of aromatic nitrogens is 1. The van der Waals surface area contributed by atoms with Gasteiger partial charge in [0.15, 0.2) is 0 Å². The molecule has 1 aromatic heterocycles. The Hall–Kier alpha value is -3.12. The number of rotatable bonds is 5. The Morgan fingerprint density at radius 2 is 1.89 bits per heavy atom. The number of benzene rings is 2. The summed E-state index contributed by atoms with van der Waals surface area (Å²) in [6.45, 7) is 2.28. The first-order valence-electron chi connectivity index (χ1n) is 13.1. The zero-order valence-electron chi connectivity index (χ0n) is 20.5. The van der Waals surface area contributed by atoms with Crippen molar-refractivity contribution < 1.29 is 19.0 Å². The van der Waals surface area contributed by atoms with Crippen molar-refractivity contribution in [3.05, 3.63) is 71.2 Å². The molecule has 2 aliphatic carbocycles. The van der Waals surface area contributed by atoms with Gasteiger partial charge in [-0.15, -0.1) is 0 Å². The minimum Gasteiger partial charge on any atom is -0.459 e. The highest BCUT2D eigenvalue weighted by Crippen LogP contribution is 2.42. The molecule has 1 atom stereocenters. The minimum atomic E-state index is -0.345. The number of fused-ring (bicyclic) bond motifs is 2. The van der Waals surface area contributed by atoms with Gasteiger partial charge < -0.3 is 9.84 Å². The van der Waals surface area contributed by atoms with Crippen LogP contribution in [0, 0.1) is 17.7 Å². The number of aliphatic hydroxyl groups is 1. The monoisotopic (exact) mass is 486 g/mol. The lowest BCUT2D eigenvalue weighted by Crippen LogP contribution is -2.36. The van der Waals surface area contributed by atoms with E-state index in [-0.39, 0.29) is 24.0 Å². The van der Waals surface area contributed by atoms with E-state index < -0.39 is 0 Å². The Kier molecular flexibility index (Phi) is 6.08. The summed E-state index contributed by atoms with van der Waals surface area (Å²) in [7, 11) is 0. The predicted molar refractivity (Wildman–Crippen MR) is 137 cm³/mol. The zero-order valence-corrected chi connectivity index (χ0v) is 20.5. The third-order valence-electron chi connectivity index (χ3n) is 8.48. The number of esters is 1. The number of carbonyl (C=O) groups excluding carboxylic acids is 1. The van der Waals surface area contributed by atoms with Crippen LogP contribution in [0.2, 0.25) is 0 Å². The molecular weight excluding hydrogens is 455 g/mol. The quantitative estimate of drug-likeness (QED) is 0.430. The highest BCUT2D eigenvalue weighted by atomic mass is 19.1. The van der Waals surface area contributed by atoms with Gasteiger partial charge in [0.1, 0.15) is 11.9 Å². The van der Waals surface area contributed by atoms with Crippen molar-refractivity contribution in [2.24, 2.45) is 16.8 Å². The summed E-state index contributed by atoms with van der Waals surface area (Å²) in [4.78, 5) is 21.8. The molecule has 1 N–H and O–H groups in total. The van der Waals surface area contributed by atoms with Crippen LogP contribution in [0.25, 0.3) is 10.9 Å². The van der Waals surface area contributed by atoms with Gasteiger partial charge in [0.05, 0.1) is 22.9 Å². The number of pyridine rings is 1. The molecule has 5 nitrogen and oxygen atoms in total. The van der Waals surface area contributed by atoms with E-state index in [0.29, 0.717) is 36.2 Å². The fourth-order valence-electron chi connectivity index (χ4n) is 6.17. The highest BCUT2D eigenvalue weighted by molar-refractivity contribution is 5.97. The van der Waals surface area contributed by atoms with Crippen molar-refractivity contribution in [2.75, 3.05) is 0 Å². The van der Waals surface area contributed by atoms with Crippen LogP contribution in [0.5, 0.6) is 0 Å². The molecule has 36 heavy (non-hydrogen) atoms. The Bertz CT molecular complexity index is 1340. The fourth-order valence-corrected chi connectivity index (χ4v) is 6.17. The van der Waals surface area contributed by atoms with Crippen LogP contribution in [0.15, 0.2) is 53.7 Å². The second-order valence-electron chi connectivity index (χ2n) is 10.7. The third kappa shape index (κ3) is 4.43. The van der Waals surface area contributed by atoms with E-state index in [9.17, 15) is 14.3 Å².